The summed E-state index contributed by atoms with van der Waals surface area (Å²) in [5.41, 5.74) is 1.38. The quantitative estimate of drug-likeness (QED) is 0.141. The number of methoxy groups -OCH3 is 2. The molecule has 0 fully saturated rings. The summed E-state index contributed by atoms with van der Waals surface area (Å²) >= 11 is 19.3. The molecule has 9 nitrogen and oxygen atoms in total. The van der Waals surface area contributed by atoms with Crippen LogP contribution in [0.2, 0.25) is 15.1 Å². The fourth-order valence-corrected chi connectivity index (χ4v) is 7.09. The van der Waals surface area contributed by atoms with E-state index >= 15 is 0 Å². The minimum Gasteiger partial charge on any atom is -0.493 e. The van der Waals surface area contributed by atoms with Gasteiger partial charge in [-0.2, -0.15) is 0 Å². The van der Waals surface area contributed by atoms with Gasteiger partial charge in [0.1, 0.15) is 12.6 Å². The van der Waals surface area contributed by atoms with Crippen molar-refractivity contribution in [1.82, 2.24) is 10.2 Å². The van der Waals surface area contributed by atoms with Crippen molar-refractivity contribution in [1.29, 1.82) is 0 Å². The van der Waals surface area contributed by atoms with Gasteiger partial charge in [0, 0.05) is 46.2 Å². The predicted octanol–water partition coefficient (Wildman–Crippen LogP) is 7.03. The van der Waals surface area contributed by atoms with Crippen molar-refractivity contribution < 1.29 is 27.5 Å². The lowest BCUT2D eigenvalue weighted by molar-refractivity contribution is -0.140. The zero-order valence-electron chi connectivity index (χ0n) is 26.7. The average molecular weight is 733 g/mol. The van der Waals surface area contributed by atoms with Crippen molar-refractivity contribution in [2.75, 3.05) is 31.6 Å². The molecule has 1 unspecified atom stereocenters. The van der Waals surface area contributed by atoms with E-state index in [1.807, 2.05) is 37.3 Å². The molecule has 1 atom stereocenters. The van der Waals surface area contributed by atoms with Crippen LogP contribution in [0.3, 0.4) is 0 Å². The Morgan fingerprint density at radius 1 is 0.833 bits per heavy atom. The van der Waals surface area contributed by atoms with Gasteiger partial charge in [-0.3, -0.25) is 13.9 Å². The Kier molecular flexibility index (Phi) is 13.0. The summed E-state index contributed by atoms with van der Waals surface area (Å²) in [6.07, 6.45) is 0.815. The first-order valence-electron chi connectivity index (χ1n) is 15.0. The number of anilines is 1. The summed E-state index contributed by atoms with van der Waals surface area (Å²) in [6.45, 7) is 1.46. The van der Waals surface area contributed by atoms with Crippen molar-refractivity contribution in [3.05, 3.63) is 117 Å². The highest BCUT2D eigenvalue weighted by Gasteiger charge is 2.35. The highest BCUT2D eigenvalue weighted by atomic mass is 35.5. The van der Waals surface area contributed by atoms with Gasteiger partial charge in [-0.25, -0.2) is 8.42 Å². The van der Waals surface area contributed by atoms with Crippen LogP contribution in [-0.4, -0.2) is 58.5 Å². The van der Waals surface area contributed by atoms with Gasteiger partial charge in [0.2, 0.25) is 11.8 Å². The number of hydrogen-bond donors (Lipinski definition) is 1. The van der Waals surface area contributed by atoms with Crippen LogP contribution >= 0.6 is 34.8 Å². The first kappa shape index (κ1) is 36.9. The monoisotopic (exact) mass is 731 g/mol. The Labute approximate surface area is 296 Å². The molecule has 0 bridgehead atoms. The lowest BCUT2D eigenvalue weighted by Gasteiger charge is -2.34. The summed E-state index contributed by atoms with van der Waals surface area (Å²) in [5, 5.41) is 3.86. The fraction of sp³-hybridized carbons (Fsp3) is 0.257. The molecule has 0 aliphatic heterocycles. The zero-order valence-corrected chi connectivity index (χ0v) is 29.7. The second-order valence-electron chi connectivity index (χ2n) is 10.7. The van der Waals surface area contributed by atoms with Crippen molar-refractivity contribution in [3.8, 4) is 11.5 Å². The van der Waals surface area contributed by atoms with Gasteiger partial charge in [-0.1, -0.05) is 78.1 Å². The van der Waals surface area contributed by atoms with E-state index in [1.54, 1.807) is 18.2 Å². The van der Waals surface area contributed by atoms with Crippen molar-refractivity contribution in [2.45, 2.75) is 37.2 Å². The Balaban J connectivity index is 1.85. The summed E-state index contributed by atoms with van der Waals surface area (Å²) in [4.78, 5) is 29.6. The Bertz CT molecular complexity index is 1810. The number of carbonyl (C=O) groups is 2. The topological polar surface area (TPSA) is 105 Å². The number of hydrogen-bond acceptors (Lipinski definition) is 6. The van der Waals surface area contributed by atoms with E-state index in [0.29, 0.717) is 39.3 Å². The minimum atomic E-state index is -4.41. The molecule has 4 aromatic carbocycles. The molecule has 0 spiro atoms. The molecule has 0 aliphatic rings. The lowest BCUT2D eigenvalue weighted by Crippen LogP contribution is -2.53. The molecule has 0 saturated carbocycles. The Morgan fingerprint density at radius 2 is 1.48 bits per heavy atom. The standard InChI is InChI=1S/C35H36Cl3N3O6S/c1-4-19-39-35(43)31(20-24-9-6-5-7-10-24)40(22-28-29(37)11-8-12-30(28)38)34(42)23-41(26-15-13-25(36)14-16-26)48(44,45)27-17-18-32(46-2)33(21-27)47-3/h5-18,21,31H,4,19-20,22-23H2,1-3H3,(H,39,43). The number of rotatable bonds is 15. The summed E-state index contributed by atoms with van der Waals surface area (Å²) < 4.78 is 40.3. The number of halogens is 3. The summed E-state index contributed by atoms with van der Waals surface area (Å²) in [5.74, 6) is -0.558. The largest absolute Gasteiger partial charge is 0.493 e. The number of nitrogens with zero attached hydrogens (tertiary/aromatic N) is 2. The molecule has 2 amide bonds. The van der Waals surface area contributed by atoms with E-state index in [0.717, 1.165) is 9.87 Å². The molecule has 4 aromatic rings. The number of amides is 2. The van der Waals surface area contributed by atoms with Crippen LogP contribution in [0.25, 0.3) is 0 Å². The van der Waals surface area contributed by atoms with Gasteiger partial charge in [0.05, 0.1) is 24.8 Å². The molecule has 254 valence electrons. The molecule has 13 heteroatoms. The average Bonchev–Trinajstić information content (AvgIpc) is 3.09. The van der Waals surface area contributed by atoms with Crippen molar-refractivity contribution in [3.63, 3.8) is 0 Å². The first-order chi connectivity index (χ1) is 23.0. The van der Waals surface area contributed by atoms with Crippen molar-refractivity contribution in [2.24, 2.45) is 0 Å². The van der Waals surface area contributed by atoms with Crippen LogP contribution < -0.4 is 19.1 Å². The first-order valence-corrected chi connectivity index (χ1v) is 17.6. The van der Waals surface area contributed by atoms with E-state index in [-0.39, 0.29) is 29.3 Å². The molecule has 0 saturated heterocycles. The maximum Gasteiger partial charge on any atom is 0.264 e. The van der Waals surface area contributed by atoms with Gasteiger partial charge >= 0.3 is 0 Å². The number of benzene rings is 4. The molecule has 48 heavy (non-hydrogen) atoms. The fourth-order valence-electron chi connectivity index (χ4n) is 5.01. The highest BCUT2D eigenvalue weighted by molar-refractivity contribution is 7.92. The second-order valence-corrected chi connectivity index (χ2v) is 13.8. The van der Waals surface area contributed by atoms with Crippen molar-refractivity contribution >= 4 is 62.3 Å². The zero-order chi connectivity index (χ0) is 34.8. The Morgan fingerprint density at radius 3 is 2.08 bits per heavy atom. The molecular formula is C35H36Cl3N3O6S. The molecule has 0 heterocycles. The maximum atomic E-state index is 14.6. The molecule has 1 N–H and O–H groups in total. The van der Waals surface area contributed by atoms with Crippen LogP contribution in [0.4, 0.5) is 5.69 Å². The normalized spacial score (nSPS) is 11.8. The highest BCUT2D eigenvalue weighted by Crippen LogP contribution is 2.33. The van der Waals surface area contributed by atoms with Gasteiger partial charge in [-0.05, 0) is 60.5 Å². The van der Waals surface area contributed by atoms with Gasteiger partial charge in [0.25, 0.3) is 10.0 Å². The van der Waals surface area contributed by atoms with Crippen LogP contribution in [-0.2, 0) is 32.6 Å². The van der Waals surface area contributed by atoms with E-state index in [2.05, 4.69) is 5.32 Å². The number of ether oxygens (including phenoxy) is 2. The lowest BCUT2D eigenvalue weighted by atomic mass is 10.0. The van der Waals surface area contributed by atoms with Gasteiger partial charge in [0.15, 0.2) is 11.5 Å². The SMILES string of the molecule is CCCNC(=O)C(Cc1ccccc1)N(Cc1c(Cl)cccc1Cl)C(=O)CN(c1ccc(Cl)cc1)S(=O)(=O)c1ccc(OC)c(OC)c1. The number of nitrogens with one attached hydrogen (secondary N) is 1. The van der Waals surface area contributed by atoms with Gasteiger partial charge in [-0.15, -0.1) is 0 Å². The Hall–Kier alpha value is -3.96. The van der Waals surface area contributed by atoms with E-state index < -0.39 is 34.4 Å². The third-order valence-corrected chi connectivity index (χ3v) is 10.3. The molecule has 0 aromatic heterocycles. The predicted molar refractivity (Wildman–Crippen MR) is 190 cm³/mol. The third-order valence-electron chi connectivity index (χ3n) is 7.55. The minimum absolute atomic E-state index is 0.146. The van der Waals surface area contributed by atoms with E-state index in [1.165, 1.54) is 61.6 Å². The summed E-state index contributed by atoms with van der Waals surface area (Å²) in [7, 11) is -1.58. The molecular weight excluding hydrogens is 697 g/mol. The second kappa shape index (κ2) is 16.9. The maximum absolute atomic E-state index is 14.6. The van der Waals surface area contributed by atoms with Crippen LogP contribution in [0.15, 0.2) is 95.9 Å². The molecule has 4 rings (SSSR count). The third kappa shape index (κ3) is 8.93. The van der Waals surface area contributed by atoms with Gasteiger partial charge < -0.3 is 19.7 Å². The van der Waals surface area contributed by atoms with Crippen LogP contribution in [0, 0.1) is 0 Å². The number of carbonyl (C=O) groups excluding carboxylic acids is 2. The van der Waals surface area contributed by atoms with E-state index in [4.69, 9.17) is 44.3 Å². The number of sulfonamides is 1. The summed E-state index contributed by atoms with van der Waals surface area (Å²) in [6, 6.07) is 23.3. The van der Waals surface area contributed by atoms with Crippen LogP contribution in [0.1, 0.15) is 24.5 Å². The van der Waals surface area contributed by atoms with E-state index in [9.17, 15) is 18.0 Å². The molecule has 0 aliphatic carbocycles. The molecule has 0 radical (unpaired) electrons. The van der Waals surface area contributed by atoms with Crippen LogP contribution in [0.5, 0.6) is 11.5 Å². The smallest absolute Gasteiger partial charge is 0.264 e.